The lowest BCUT2D eigenvalue weighted by Gasteiger charge is -2.14. The summed E-state index contributed by atoms with van der Waals surface area (Å²) in [4.78, 5) is 10.1. The third kappa shape index (κ3) is 1.81. The standard InChI is InChI=1S/C8H13N7O/c1-3-15(4-2)8-11-6(16-14-8)5-10-7(9)13-12-5/h3-4H2,1-2H3,(H3,9,10,12,13). The van der Waals surface area contributed by atoms with Gasteiger partial charge in [-0.1, -0.05) is 0 Å². The maximum Gasteiger partial charge on any atom is 0.296 e. The second-order valence-electron chi connectivity index (χ2n) is 3.11. The summed E-state index contributed by atoms with van der Waals surface area (Å²) >= 11 is 0. The lowest BCUT2D eigenvalue weighted by molar-refractivity contribution is 0.427. The molecular formula is C8H13N7O. The van der Waals surface area contributed by atoms with Crippen LogP contribution in [0.4, 0.5) is 11.9 Å². The Morgan fingerprint density at radius 3 is 2.62 bits per heavy atom. The van der Waals surface area contributed by atoms with Crippen molar-refractivity contribution in [3.8, 4) is 11.7 Å². The zero-order chi connectivity index (χ0) is 11.5. The molecule has 2 rings (SSSR count). The fourth-order valence-corrected chi connectivity index (χ4v) is 1.32. The number of aromatic amines is 1. The number of nitrogens with zero attached hydrogens (tertiary/aromatic N) is 5. The Balaban J connectivity index is 2.25. The first-order valence-electron chi connectivity index (χ1n) is 5.01. The first-order chi connectivity index (χ1) is 7.74. The van der Waals surface area contributed by atoms with Gasteiger partial charge in [0.05, 0.1) is 0 Å². The molecule has 86 valence electrons. The summed E-state index contributed by atoms with van der Waals surface area (Å²) in [5, 5.41) is 10.2. The highest BCUT2D eigenvalue weighted by atomic mass is 16.5. The Morgan fingerprint density at radius 1 is 1.31 bits per heavy atom. The minimum absolute atomic E-state index is 0.151. The number of nitrogens with one attached hydrogen (secondary N) is 1. The number of rotatable bonds is 4. The van der Waals surface area contributed by atoms with Crippen molar-refractivity contribution >= 4 is 11.9 Å². The van der Waals surface area contributed by atoms with Crippen molar-refractivity contribution in [3.05, 3.63) is 0 Å². The summed E-state index contributed by atoms with van der Waals surface area (Å²) in [6, 6.07) is 0. The Bertz CT molecular complexity index is 458. The van der Waals surface area contributed by atoms with Crippen molar-refractivity contribution in [2.75, 3.05) is 23.7 Å². The average Bonchev–Trinajstić information content (AvgIpc) is 2.89. The van der Waals surface area contributed by atoms with E-state index in [1.54, 1.807) is 0 Å². The molecule has 3 N–H and O–H groups in total. The molecule has 2 aromatic rings. The van der Waals surface area contributed by atoms with Crippen LogP contribution in [0.5, 0.6) is 0 Å². The van der Waals surface area contributed by atoms with Crippen molar-refractivity contribution in [2.45, 2.75) is 13.8 Å². The molecule has 0 bridgehead atoms. The highest BCUT2D eigenvalue weighted by Crippen LogP contribution is 2.16. The number of hydrogen-bond acceptors (Lipinski definition) is 7. The van der Waals surface area contributed by atoms with Gasteiger partial charge in [0, 0.05) is 13.1 Å². The number of nitrogens with two attached hydrogens (primary N) is 1. The van der Waals surface area contributed by atoms with E-state index >= 15 is 0 Å². The van der Waals surface area contributed by atoms with Crippen LogP contribution in [-0.2, 0) is 0 Å². The van der Waals surface area contributed by atoms with Crippen molar-refractivity contribution in [1.29, 1.82) is 0 Å². The molecule has 0 aromatic carbocycles. The number of H-pyrrole nitrogens is 1. The van der Waals surface area contributed by atoms with Crippen LogP contribution >= 0.6 is 0 Å². The lowest BCUT2D eigenvalue weighted by Crippen LogP contribution is -2.22. The molecule has 16 heavy (non-hydrogen) atoms. The van der Waals surface area contributed by atoms with Crippen LogP contribution in [0.25, 0.3) is 11.7 Å². The van der Waals surface area contributed by atoms with E-state index in [0.717, 1.165) is 13.1 Å². The summed E-state index contributed by atoms with van der Waals surface area (Å²) in [5.41, 5.74) is 5.38. The van der Waals surface area contributed by atoms with Crippen LogP contribution in [0.15, 0.2) is 4.52 Å². The Labute approximate surface area is 91.8 Å². The topological polar surface area (TPSA) is 110 Å². The highest BCUT2D eigenvalue weighted by molar-refractivity contribution is 5.45. The van der Waals surface area contributed by atoms with Crippen LogP contribution in [0.2, 0.25) is 0 Å². The smallest absolute Gasteiger partial charge is 0.296 e. The Morgan fingerprint density at radius 2 is 2.06 bits per heavy atom. The molecule has 8 heteroatoms. The van der Waals surface area contributed by atoms with E-state index in [2.05, 4.69) is 25.3 Å². The second-order valence-corrected chi connectivity index (χ2v) is 3.11. The van der Waals surface area contributed by atoms with Gasteiger partial charge in [0.2, 0.25) is 11.8 Å². The molecule has 0 radical (unpaired) electrons. The molecule has 0 aliphatic heterocycles. The first kappa shape index (κ1) is 10.4. The van der Waals surface area contributed by atoms with E-state index in [9.17, 15) is 0 Å². The predicted octanol–water partition coefficient (Wildman–Crippen LogP) is 0.283. The van der Waals surface area contributed by atoms with Gasteiger partial charge in [0.1, 0.15) is 0 Å². The molecule has 8 nitrogen and oxygen atoms in total. The van der Waals surface area contributed by atoms with Gasteiger partial charge in [0.25, 0.3) is 11.8 Å². The number of aromatic nitrogens is 5. The van der Waals surface area contributed by atoms with E-state index in [1.165, 1.54) is 0 Å². The zero-order valence-electron chi connectivity index (χ0n) is 9.14. The van der Waals surface area contributed by atoms with Gasteiger partial charge in [-0.05, 0) is 19.0 Å². The molecule has 2 heterocycles. The van der Waals surface area contributed by atoms with Gasteiger partial charge in [-0.2, -0.15) is 9.97 Å². The van der Waals surface area contributed by atoms with E-state index in [0.29, 0.717) is 11.8 Å². The first-order valence-corrected chi connectivity index (χ1v) is 5.01. The van der Waals surface area contributed by atoms with E-state index in [4.69, 9.17) is 10.3 Å². The fraction of sp³-hybridized carbons (Fsp3) is 0.500. The summed E-state index contributed by atoms with van der Waals surface area (Å²) in [7, 11) is 0. The molecule has 0 aliphatic carbocycles. The van der Waals surface area contributed by atoms with Crippen LogP contribution in [-0.4, -0.2) is 38.4 Å². The van der Waals surface area contributed by atoms with Crippen molar-refractivity contribution < 1.29 is 4.52 Å². The van der Waals surface area contributed by atoms with Gasteiger partial charge >= 0.3 is 0 Å². The lowest BCUT2D eigenvalue weighted by atomic mass is 10.5. The number of nitrogen functional groups attached to an aromatic ring is 1. The summed E-state index contributed by atoms with van der Waals surface area (Å²) < 4.78 is 5.06. The zero-order valence-corrected chi connectivity index (χ0v) is 9.14. The van der Waals surface area contributed by atoms with Gasteiger partial charge in [-0.25, -0.2) is 0 Å². The fourth-order valence-electron chi connectivity index (χ4n) is 1.32. The molecule has 0 unspecified atom stereocenters. The van der Waals surface area contributed by atoms with E-state index < -0.39 is 0 Å². The van der Waals surface area contributed by atoms with Gasteiger partial charge in [-0.15, -0.1) is 5.10 Å². The maximum atomic E-state index is 5.38. The van der Waals surface area contributed by atoms with Crippen LogP contribution in [0, 0.1) is 0 Å². The third-order valence-electron chi connectivity index (χ3n) is 2.17. The molecular weight excluding hydrogens is 210 g/mol. The molecule has 0 amide bonds. The minimum Gasteiger partial charge on any atom is -0.366 e. The number of hydrogen-bond donors (Lipinski definition) is 2. The normalized spacial score (nSPS) is 10.6. The highest BCUT2D eigenvalue weighted by Gasteiger charge is 2.15. The Hall–Kier alpha value is -2.12. The number of anilines is 2. The molecule has 0 spiro atoms. The van der Waals surface area contributed by atoms with Crippen molar-refractivity contribution in [1.82, 2.24) is 25.3 Å². The summed E-state index contributed by atoms with van der Waals surface area (Å²) in [6.07, 6.45) is 0. The summed E-state index contributed by atoms with van der Waals surface area (Å²) in [6.45, 7) is 5.67. The molecule has 2 aromatic heterocycles. The van der Waals surface area contributed by atoms with Crippen LogP contribution in [0.1, 0.15) is 13.8 Å². The van der Waals surface area contributed by atoms with Gasteiger partial charge < -0.3 is 15.2 Å². The van der Waals surface area contributed by atoms with E-state index in [1.807, 2.05) is 18.7 Å². The van der Waals surface area contributed by atoms with Gasteiger partial charge in [-0.3, -0.25) is 5.10 Å². The molecule has 0 fully saturated rings. The van der Waals surface area contributed by atoms with Gasteiger partial charge in [0.15, 0.2) is 0 Å². The monoisotopic (exact) mass is 223 g/mol. The maximum absolute atomic E-state index is 5.38. The van der Waals surface area contributed by atoms with Crippen molar-refractivity contribution in [3.63, 3.8) is 0 Å². The SMILES string of the molecule is CCN(CC)c1noc(-c2nc(N)n[nH]2)n1. The molecule has 0 aliphatic rings. The second kappa shape index (κ2) is 4.17. The molecule has 0 saturated carbocycles. The molecule has 0 saturated heterocycles. The summed E-state index contributed by atoms with van der Waals surface area (Å²) in [5.74, 6) is 1.35. The predicted molar refractivity (Wildman–Crippen MR) is 57.6 cm³/mol. The largest absolute Gasteiger partial charge is 0.366 e. The minimum atomic E-state index is 0.151. The Kier molecular flexibility index (Phi) is 2.71. The molecule has 0 atom stereocenters. The van der Waals surface area contributed by atoms with Crippen molar-refractivity contribution in [2.24, 2.45) is 0 Å². The van der Waals surface area contributed by atoms with E-state index in [-0.39, 0.29) is 11.8 Å². The van der Waals surface area contributed by atoms with Crippen LogP contribution in [0.3, 0.4) is 0 Å². The quantitative estimate of drug-likeness (QED) is 0.766. The average molecular weight is 223 g/mol. The third-order valence-corrected chi connectivity index (χ3v) is 2.17. The van der Waals surface area contributed by atoms with Crippen LogP contribution < -0.4 is 10.6 Å².